The zero-order valence-electron chi connectivity index (χ0n) is 19.1. The first kappa shape index (κ1) is 24.9. The van der Waals surface area contributed by atoms with Crippen molar-refractivity contribution in [3.8, 4) is 5.88 Å². The van der Waals surface area contributed by atoms with Crippen LogP contribution in [0.15, 0.2) is 53.6 Å². The molecule has 2 aromatic rings. The number of methoxy groups -OCH3 is 1. The molecule has 0 spiro atoms. The number of pyridine rings is 1. The van der Waals surface area contributed by atoms with Gasteiger partial charge in [-0.1, -0.05) is 30.3 Å². The average molecular weight is 506 g/mol. The van der Waals surface area contributed by atoms with Gasteiger partial charge in [0.25, 0.3) is 0 Å². The summed E-state index contributed by atoms with van der Waals surface area (Å²) in [7, 11) is -2.73. The molecule has 3 heterocycles. The number of hydrogen-bond donors (Lipinski definition) is 1. The largest absolute Gasteiger partial charge is 0.480 e. The van der Waals surface area contributed by atoms with E-state index in [1.807, 2.05) is 30.3 Å². The summed E-state index contributed by atoms with van der Waals surface area (Å²) >= 11 is 0. The van der Waals surface area contributed by atoms with E-state index in [9.17, 15) is 23.1 Å². The predicted octanol–water partition coefficient (Wildman–Crippen LogP) is 1.73. The van der Waals surface area contributed by atoms with Crippen LogP contribution < -0.4 is 4.74 Å². The van der Waals surface area contributed by atoms with E-state index in [4.69, 9.17) is 14.2 Å². The molecule has 2 aliphatic rings. The number of piperazine rings is 1. The Labute approximate surface area is 203 Å². The maximum atomic E-state index is 13.4. The van der Waals surface area contributed by atoms with Gasteiger partial charge in [0.15, 0.2) is 0 Å². The van der Waals surface area contributed by atoms with Crippen molar-refractivity contribution in [3.63, 3.8) is 0 Å². The van der Waals surface area contributed by atoms with Gasteiger partial charge in [0.1, 0.15) is 24.2 Å². The Morgan fingerprint density at radius 2 is 1.89 bits per heavy atom. The number of carbonyl (C=O) groups is 2. The Balaban J connectivity index is 1.50. The van der Waals surface area contributed by atoms with Gasteiger partial charge in [-0.05, 0) is 24.5 Å². The van der Waals surface area contributed by atoms with Crippen LogP contribution in [0.3, 0.4) is 0 Å². The van der Waals surface area contributed by atoms with Crippen LogP contribution in [0, 0.1) is 0 Å². The first-order chi connectivity index (χ1) is 16.8. The topological polar surface area (TPSA) is 136 Å². The van der Waals surface area contributed by atoms with Crippen LogP contribution in [0.5, 0.6) is 5.88 Å². The van der Waals surface area contributed by atoms with Gasteiger partial charge in [-0.25, -0.2) is 18.2 Å². The molecule has 12 heteroatoms. The third kappa shape index (κ3) is 5.24. The molecule has 2 bridgehead atoms. The lowest BCUT2D eigenvalue weighted by Crippen LogP contribution is -2.64. The van der Waals surface area contributed by atoms with Crippen molar-refractivity contribution in [1.82, 2.24) is 14.2 Å². The molecule has 0 saturated carbocycles. The second-order valence-corrected chi connectivity index (χ2v) is 10.2. The lowest BCUT2D eigenvalue weighted by atomic mass is 10.1. The molecule has 2 aliphatic heterocycles. The smallest absolute Gasteiger partial charge is 0.410 e. The van der Waals surface area contributed by atoms with Crippen molar-refractivity contribution >= 4 is 22.1 Å². The molecule has 3 atom stereocenters. The molecule has 1 amide bonds. The molecule has 1 aromatic heterocycles. The van der Waals surface area contributed by atoms with Gasteiger partial charge in [-0.2, -0.15) is 4.31 Å². The van der Waals surface area contributed by atoms with Crippen LogP contribution in [0.25, 0.3) is 0 Å². The summed E-state index contributed by atoms with van der Waals surface area (Å²) in [6, 6.07) is 9.46. The highest BCUT2D eigenvalue weighted by Crippen LogP contribution is 2.37. The van der Waals surface area contributed by atoms with Crippen LogP contribution in [-0.2, 0) is 30.9 Å². The highest BCUT2D eigenvalue weighted by molar-refractivity contribution is 7.89. The summed E-state index contributed by atoms with van der Waals surface area (Å²) in [6.45, 7) is 0.347. The van der Waals surface area contributed by atoms with Crippen molar-refractivity contribution in [2.75, 3.05) is 26.9 Å². The molecule has 11 nitrogen and oxygen atoms in total. The lowest BCUT2D eigenvalue weighted by Gasteiger charge is -2.43. The van der Waals surface area contributed by atoms with Crippen molar-refractivity contribution in [1.29, 1.82) is 0 Å². The number of hydrogen-bond acceptors (Lipinski definition) is 8. The highest BCUT2D eigenvalue weighted by atomic mass is 32.2. The van der Waals surface area contributed by atoms with E-state index < -0.39 is 40.2 Å². The molecule has 0 unspecified atom stereocenters. The number of carboxylic acid groups (broad SMARTS) is 1. The van der Waals surface area contributed by atoms with Crippen LogP contribution >= 0.6 is 0 Å². The maximum Gasteiger partial charge on any atom is 0.410 e. The Kier molecular flexibility index (Phi) is 7.53. The molecule has 188 valence electrons. The minimum Gasteiger partial charge on any atom is -0.480 e. The van der Waals surface area contributed by atoms with Crippen LogP contribution in [0.1, 0.15) is 18.4 Å². The Hall–Kier alpha value is -3.22. The number of fused-ring (bicyclic) bond motifs is 2. The molecule has 1 N–H and O–H groups in total. The van der Waals surface area contributed by atoms with Gasteiger partial charge >= 0.3 is 12.1 Å². The molecule has 4 rings (SSSR count). The second kappa shape index (κ2) is 10.6. The molecule has 35 heavy (non-hydrogen) atoms. The first-order valence-electron chi connectivity index (χ1n) is 11.1. The molecule has 2 saturated heterocycles. The fourth-order valence-corrected chi connectivity index (χ4v) is 6.09. The van der Waals surface area contributed by atoms with Crippen LogP contribution in [-0.4, -0.2) is 84.8 Å². The summed E-state index contributed by atoms with van der Waals surface area (Å²) in [5.41, 5.74) is 0.935. The van der Waals surface area contributed by atoms with Crippen LogP contribution in [0.4, 0.5) is 4.79 Å². The van der Waals surface area contributed by atoms with E-state index in [1.165, 1.54) is 24.1 Å². The van der Waals surface area contributed by atoms with E-state index in [2.05, 4.69) is 4.98 Å². The summed E-state index contributed by atoms with van der Waals surface area (Å²) in [4.78, 5) is 30.1. The number of carbonyl (C=O) groups excluding carboxylic acids is 1. The summed E-state index contributed by atoms with van der Waals surface area (Å²) in [6.07, 6.45) is 1.32. The van der Waals surface area contributed by atoms with Gasteiger partial charge in [0, 0.05) is 25.8 Å². The molecular weight excluding hydrogens is 478 g/mol. The van der Waals surface area contributed by atoms with E-state index >= 15 is 0 Å². The van der Waals surface area contributed by atoms with E-state index in [1.54, 1.807) is 0 Å². The third-order valence-electron chi connectivity index (χ3n) is 6.13. The number of aromatic nitrogens is 1. The second-order valence-electron chi connectivity index (χ2n) is 8.28. The number of carboxylic acids is 1. The molecule has 2 fully saturated rings. The van der Waals surface area contributed by atoms with Gasteiger partial charge in [0.05, 0.1) is 18.8 Å². The number of aliphatic carboxylic acids is 1. The normalized spacial score (nSPS) is 22.1. The number of nitrogens with zero attached hydrogens (tertiary/aromatic N) is 3. The summed E-state index contributed by atoms with van der Waals surface area (Å²) in [5.74, 6) is -1.09. The van der Waals surface area contributed by atoms with E-state index in [0.29, 0.717) is 12.8 Å². The molecule has 0 aliphatic carbocycles. The summed E-state index contributed by atoms with van der Waals surface area (Å²) in [5, 5.41) is 9.93. The van der Waals surface area contributed by atoms with E-state index in [-0.39, 0.29) is 37.1 Å². The van der Waals surface area contributed by atoms with Crippen molar-refractivity contribution in [2.24, 2.45) is 0 Å². The Bertz CT molecular complexity index is 1140. The first-order valence-corrected chi connectivity index (χ1v) is 12.6. The number of sulfonamides is 1. The standard InChI is InChI=1S/C23H27N3O8S/c1-32-11-12-33-23(29)26-17-7-9-19(26)21(22(27)28)25(14-17)35(30,31)18-8-10-20(24-13-18)34-15-16-5-3-2-4-6-16/h2-6,8,10,13,17,19,21H,7,9,11-12,14-15H2,1H3,(H,27,28)/t17-,19+,21-/m1/s1. The predicted molar refractivity (Wildman–Crippen MR) is 122 cm³/mol. The molecule has 1 aromatic carbocycles. The van der Waals surface area contributed by atoms with Gasteiger partial charge in [-0.15, -0.1) is 0 Å². The monoisotopic (exact) mass is 505 g/mol. The number of benzene rings is 1. The Morgan fingerprint density at radius 3 is 2.54 bits per heavy atom. The highest BCUT2D eigenvalue weighted by Gasteiger charge is 2.55. The van der Waals surface area contributed by atoms with Gasteiger partial charge < -0.3 is 19.3 Å². The van der Waals surface area contributed by atoms with Crippen molar-refractivity contribution in [2.45, 2.75) is 42.5 Å². The average Bonchev–Trinajstić information content (AvgIpc) is 3.16. The minimum absolute atomic E-state index is 0.0232. The molecular formula is C23H27N3O8S. The third-order valence-corrected chi connectivity index (χ3v) is 7.96. The van der Waals surface area contributed by atoms with Crippen LogP contribution in [0.2, 0.25) is 0 Å². The number of rotatable bonds is 9. The van der Waals surface area contributed by atoms with Crippen molar-refractivity contribution < 1.29 is 37.3 Å². The quantitative estimate of drug-likeness (QED) is 0.505. The van der Waals surface area contributed by atoms with E-state index in [0.717, 1.165) is 16.1 Å². The Morgan fingerprint density at radius 1 is 1.11 bits per heavy atom. The lowest BCUT2D eigenvalue weighted by molar-refractivity contribution is -0.145. The molecule has 0 radical (unpaired) electrons. The SMILES string of the molecule is COCCOC(=O)N1[C@@H]2CC[C@H]1[C@H](C(=O)O)N(S(=O)(=O)c1ccc(OCc3ccccc3)nc1)C2. The summed E-state index contributed by atoms with van der Waals surface area (Å²) < 4.78 is 43.5. The van der Waals surface area contributed by atoms with Gasteiger partial charge in [-0.3, -0.25) is 9.69 Å². The minimum atomic E-state index is -4.20. The van der Waals surface area contributed by atoms with Gasteiger partial charge in [0.2, 0.25) is 15.9 Å². The van der Waals surface area contributed by atoms with Crippen molar-refractivity contribution in [3.05, 3.63) is 54.2 Å². The number of ether oxygens (including phenoxy) is 3. The fraction of sp³-hybridized carbons (Fsp3) is 0.435. The zero-order valence-corrected chi connectivity index (χ0v) is 20.0. The number of amides is 1. The zero-order chi connectivity index (χ0) is 25.0. The maximum absolute atomic E-state index is 13.4. The fourth-order valence-electron chi connectivity index (χ4n) is 4.49.